The number of carbonyl (C=O) groups is 1. The van der Waals surface area contributed by atoms with Gasteiger partial charge in [-0.25, -0.2) is 0 Å². The van der Waals surface area contributed by atoms with Crippen LogP contribution in [-0.4, -0.2) is 47.3 Å². The zero-order chi connectivity index (χ0) is 25.6. The highest BCUT2D eigenvalue weighted by atomic mass is 16.7. The van der Waals surface area contributed by atoms with Gasteiger partial charge in [0.05, 0.1) is 19.3 Å². The molecule has 0 spiro atoms. The van der Waals surface area contributed by atoms with E-state index >= 15 is 0 Å². The summed E-state index contributed by atoms with van der Waals surface area (Å²) in [5.74, 6) is 1.40. The average molecular weight is 502 g/mol. The van der Waals surface area contributed by atoms with Gasteiger partial charge in [-0.15, -0.1) is 0 Å². The highest BCUT2D eigenvalue weighted by molar-refractivity contribution is 5.96. The van der Waals surface area contributed by atoms with E-state index in [0.29, 0.717) is 47.9 Å². The molecule has 3 heterocycles. The van der Waals surface area contributed by atoms with Gasteiger partial charge in [-0.3, -0.25) is 9.78 Å². The van der Waals surface area contributed by atoms with Crippen molar-refractivity contribution in [1.29, 1.82) is 0 Å². The van der Waals surface area contributed by atoms with Crippen molar-refractivity contribution in [3.63, 3.8) is 0 Å². The summed E-state index contributed by atoms with van der Waals surface area (Å²) >= 11 is 0. The molecule has 1 aliphatic carbocycles. The Morgan fingerprint density at radius 3 is 2.76 bits per heavy atom. The van der Waals surface area contributed by atoms with Gasteiger partial charge in [0.2, 0.25) is 11.5 Å². The van der Waals surface area contributed by atoms with Crippen LogP contribution in [-0.2, 0) is 6.54 Å². The number of pyridine rings is 1. The number of fused-ring (bicyclic) bond motifs is 3. The number of rotatable bonds is 6. The third-order valence-corrected chi connectivity index (χ3v) is 7.91. The molecule has 3 aromatic rings. The molecule has 1 amide bonds. The fourth-order valence-corrected chi connectivity index (χ4v) is 6.21. The van der Waals surface area contributed by atoms with Crippen LogP contribution in [0.1, 0.15) is 62.0 Å². The number of hydrogen-bond donors (Lipinski definition) is 1. The molecule has 1 saturated carbocycles. The van der Waals surface area contributed by atoms with Crippen LogP contribution in [0.4, 0.5) is 0 Å². The number of amides is 1. The fourth-order valence-electron chi connectivity index (χ4n) is 6.21. The largest absolute Gasteiger partial charge is 0.493 e. The lowest BCUT2D eigenvalue weighted by Crippen LogP contribution is -2.43. The van der Waals surface area contributed by atoms with Crippen molar-refractivity contribution < 1.29 is 19.0 Å². The number of methoxy groups -OCH3 is 1. The Hall–Kier alpha value is -3.32. The van der Waals surface area contributed by atoms with Crippen molar-refractivity contribution in [1.82, 2.24) is 15.2 Å². The van der Waals surface area contributed by atoms with E-state index in [1.54, 1.807) is 19.2 Å². The molecule has 3 aliphatic rings. The van der Waals surface area contributed by atoms with Crippen LogP contribution >= 0.6 is 0 Å². The predicted molar refractivity (Wildman–Crippen MR) is 142 cm³/mol. The van der Waals surface area contributed by atoms with Crippen molar-refractivity contribution in [3.8, 4) is 17.2 Å². The van der Waals surface area contributed by atoms with Crippen molar-refractivity contribution in [2.24, 2.45) is 5.92 Å². The second kappa shape index (κ2) is 9.53. The van der Waals surface area contributed by atoms with Gasteiger partial charge in [0, 0.05) is 49.6 Å². The Bertz CT molecular complexity index is 1310. The number of nitrogens with one attached hydrogen (secondary N) is 1. The molecular formula is C30H35N3O4. The number of benzene rings is 2. The van der Waals surface area contributed by atoms with E-state index in [-0.39, 0.29) is 11.9 Å². The summed E-state index contributed by atoms with van der Waals surface area (Å²) in [6.45, 7) is 4.75. The van der Waals surface area contributed by atoms with Crippen LogP contribution in [0.15, 0.2) is 48.7 Å². The van der Waals surface area contributed by atoms with E-state index in [1.165, 1.54) is 25.7 Å². The lowest BCUT2D eigenvalue weighted by molar-refractivity contribution is -0.0439. The first-order chi connectivity index (χ1) is 17.9. The first-order valence-corrected chi connectivity index (χ1v) is 13.4. The minimum atomic E-state index is -0.809. The Labute approximate surface area is 218 Å². The van der Waals surface area contributed by atoms with Gasteiger partial charge in [-0.2, -0.15) is 0 Å². The lowest BCUT2D eigenvalue weighted by atomic mass is 9.85. The molecule has 7 heteroatoms. The highest BCUT2D eigenvalue weighted by Crippen LogP contribution is 2.47. The molecule has 194 valence electrons. The van der Waals surface area contributed by atoms with Gasteiger partial charge < -0.3 is 24.4 Å². The maximum Gasteiger partial charge on any atom is 0.254 e. The quantitative estimate of drug-likeness (QED) is 0.493. The lowest BCUT2D eigenvalue weighted by Gasteiger charge is -2.27. The van der Waals surface area contributed by atoms with Crippen LogP contribution in [0.2, 0.25) is 0 Å². The summed E-state index contributed by atoms with van der Waals surface area (Å²) in [4.78, 5) is 20.7. The molecule has 1 saturated heterocycles. The van der Waals surface area contributed by atoms with Gasteiger partial charge >= 0.3 is 0 Å². The molecule has 0 bridgehead atoms. The Balaban J connectivity index is 1.30. The van der Waals surface area contributed by atoms with Gasteiger partial charge in [-0.05, 0) is 48.8 Å². The fraction of sp³-hybridized carbons (Fsp3) is 0.467. The molecule has 2 aliphatic heterocycles. The molecule has 1 N–H and O–H groups in total. The monoisotopic (exact) mass is 501 g/mol. The average Bonchev–Trinajstić information content (AvgIpc) is 3.45. The molecule has 37 heavy (non-hydrogen) atoms. The Kier molecular flexibility index (Phi) is 6.19. The van der Waals surface area contributed by atoms with Gasteiger partial charge in [0.25, 0.3) is 5.91 Å². The number of carbonyl (C=O) groups excluding carboxylic acids is 1. The molecular weight excluding hydrogens is 466 g/mol. The van der Waals surface area contributed by atoms with Crippen molar-refractivity contribution >= 4 is 16.7 Å². The van der Waals surface area contributed by atoms with Crippen LogP contribution in [0.5, 0.6) is 17.2 Å². The first kappa shape index (κ1) is 24.0. The summed E-state index contributed by atoms with van der Waals surface area (Å²) < 4.78 is 17.5. The number of nitrogens with zero attached hydrogens (tertiary/aromatic N) is 2. The molecule has 1 aromatic heterocycles. The number of hydrogen-bond acceptors (Lipinski definition) is 6. The topological polar surface area (TPSA) is 72.9 Å². The minimum Gasteiger partial charge on any atom is -0.493 e. The van der Waals surface area contributed by atoms with Gasteiger partial charge in [-0.1, -0.05) is 37.1 Å². The van der Waals surface area contributed by atoms with Gasteiger partial charge in [0.1, 0.15) is 0 Å². The third-order valence-electron chi connectivity index (χ3n) is 7.91. The molecule has 0 radical (unpaired) electrons. The maximum absolute atomic E-state index is 14.1. The van der Waals surface area contributed by atoms with E-state index in [9.17, 15) is 4.79 Å². The van der Waals surface area contributed by atoms with Crippen LogP contribution in [0, 0.1) is 5.92 Å². The predicted octanol–water partition coefficient (Wildman–Crippen LogP) is 5.31. The van der Waals surface area contributed by atoms with Crippen LogP contribution < -0.4 is 19.5 Å². The zero-order valence-corrected chi connectivity index (χ0v) is 21.8. The van der Waals surface area contributed by atoms with E-state index < -0.39 is 5.79 Å². The summed E-state index contributed by atoms with van der Waals surface area (Å²) in [6.07, 6.45) is 8.12. The van der Waals surface area contributed by atoms with Crippen LogP contribution in [0.3, 0.4) is 0 Å². The SMILES string of the molecule is COc1cc(C(=O)N(Cc2cc3ccccc3cn2)C[C@@H]2CC3CCCC[C@@H]3N2)cc2c1OC(C)(C)O2. The molecule has 1 unspecified atom stereocenters. The molecule has 2 fully saturated rings. The van der Waals surface area contributed by atoms with Crippen molar-refractivity contribution in [2.75, 3.05) is 13.7 Å². The van der Waals surface area contributed by atoms with Crippen molar-refractivity contribution in [2.45, 2.75) is 70.4 Å². The molecule has 6 rings (SSSR count). The second-order valence-electron chi connectivity index (χ2n) is 11.1. The molecule has 2 aromatic carbocycles. The number of aromatic nitrogens is 1. The van der Waals surface area contributed by atoms with Crippen LogP contribution in [0.25, 0.3) is 10.8 Å². The molecule has 3 atom stereocenters. The number of ether oxygens (including phenoxy) is 3. The van der Waals surface area contributed by atoms with E-state index in [2.05, 4.69) is 23.5 Å². The normalized spacial score (nSPS) is 23.6. The summed E-state index contributed by atoms with van der Waals surface area (Å²) in [5.41, 5.74) is 1.39. The summed E-state index contributed by atoms with van der Waals surface area (Å²) in [7, 11) is 1.58. The first-order valence-electron chi connectivity index (χ1n) is 13.4. The summed E-state index contributed by atoms with van der Waals surface area (Å²) in [5, 5.41) is 6.05. The summed E-state index contributed by atoms with van der Waals surface area (Å²) in [6, 6.07) is 14.6. The molecule has 7 nitrogen and oxygen atoms in total. The Morgan fingerprint density at radius 2 is 1.95 bits per heavy atom. The Morgan fingerprint density at radius 1 is 1.14 bits per heavy atom. The maximum atomic E-state index is 14.1. The minimum absolute atomic E-state index is 0.0685. The standard InChI is InChI=1S/C30H35N3O4/c1-30(2)36-27-15-22(14-26(35-3)28(27)37-30)29(34)33(18-24-13-20-9-6-7-11-25(20)32-24)17-23-12-19-8-4-5-10-21(19)16-31-23/h4-5,8,10,12,14-16,20,24-25,32H,6-7,9,11,13,17-18H2,1-3H3/t20?,24-,25-/m0/s1. The van der Waals surface area contributed by atoms with E-state index in [1.807, 2.05) is 37.1 Å². The van der Waals surface area contributed by atoms with E-state index in [0.717, 1.165) is 22.9 Å². The zero-order valence-electron chi connectivity index (χ0n) is 21.8. The third kappa shape index (κ3) is 4.85. The smallest absolute Gasteiger partial charge is 0.254 e. The van der Waals surface area contributed by atoms with E-state index in [4.69, 9.17) is 19.2 Å². The second-order valence-corrected chi connectivity index (χ2v) is 11.1. The van der Waals surface area contributed by atoms with Gasteiger partial charge in [0.15, 0.2) is 11.5 Å². The van der Waals surface area contributed by atoms with Crippen molar-refractivity contribution in [3.05, 3.63) is 59.9 Å². The highest BCUT2D eigenvalue weighted by Gasteiger charge is 2.38.